The maximum atomic E-state index is 4.46. The van der Waals surface area contributed by atoms with Crippen LogP contribution in [-0.4, -0.2) is 19.9 Å². The van der Waals surface area contributed by atoms with Gasteiger partial charge in [0.25, 0.3) is 0 Å². The molecule has 22 heavy (non-hydrogen) atoms. The van der Waals surface area contributed by atoms with Crippen molar-refractivity contribution in [3.05, 3.63) is 72.3 Å². The average molecular weight is 286 g/mol. The second kappa shape index (κ2) is 5.48. The van der Waals surface area contributed by atoms with Gasteiger partial charge in [0, 0.05) is 24.8 Å². The van der Waals surface area contributed by atoms with Gasteiger partial charge in [-0.3, -0.25) is 19.9 Å². The number of benzene rings is 2. The van der Waals surface area contributed by atoms with E-state index in [1.165, 1.54) is 11.1 Å². The Bertz CT molecular complexity index is 944. The first-order chi connectivity index (χ1) is 10.9. The van der Waals surface area contributed by atoms with Crippen LogP contribution in [0.2, 0.25) is 0 Å². The summed E-state index contributed by atoms with van der Waals surface area (Å²) in [5.41, 5.74) is 6.30. The zero-order valence-electron chi connectivity index (χ0n) is 12.0. The third kappa shape index (κ3) is 2.39. The molecule has 0 N–H and O–H groups in total. The van der Waals surface area contributed by atoms with Gasteiger partial charge in [0.05, 0.1) is 22.1 Å². The van der Waals surface area contributed by atoms with Crippen LogP contribution in [0.1, 0.15) is 11.1 Å². The minimum absolute atomic E-state index is 0.932. The Morgan fingerprint density at radius 2 is 1.41 bits per heavy atom. The smallest absolute Gasteiger partial charge is 0.0918 e. The van der Waals surface area contributed by atoms with Gasteiger partial charge in [-0.05, 0) is 42.2 Å². The molecule has 106 valence electrons. The first kappa shape index (κ1) is 12.8. The van der Waals surface area contributed by atoms with Crippen molar-refractivity contribution in [2.75, 3.05) is 0 Å². The summed E-state index contributed by atoms with van der Waals surface area (Å²) >= 11 is 0. The van der Waals surface area contributed by atoms with Crippen LogP contribution in [-0.2, 0) is 12.8 Å². The van der Waals surface area contributed by atoms with Gasteiger partial charge in [-0.1, -0.05) is 18.2 Å². The summed E-state index contributed by atoms with van der Waals surface area (Å²) in [7, 11) is 0. The Hall–Kier alpha value is -2.88. The fourth-order valence-corrected chi connectivity index (χ4v) is 2.70. The van der Waals surface area contributed by atoms with Gasteiger partial charge in [0.1, 0.15) is 0 Å². The molecule has 4 nitrogen and oxygen atoms in total. The van der Waals surface area contributed by atoms with Gasteiger partial charge in [-0.25, -0.2) is 0 Å². The first-order valence-corrected chi connectivity index (χ1v) is 7.28. The zero-order chi connectivity index (χ0) is 14.8. The van der Waals surface area contributed by atoms with E-state index in [1.54, 1.807) is 24.8 Å². The van der Waals surface area contributed by atoms with Crippen molar-refractivity contribution in [1.82, 2.24) is 19.9 Å². The second-order valence-corrected chi connectivity index (χ2v) is 5.22. The van der Waals surface area contributed by atoms with Crippen molar-refractivity contribution in [1.29, 1.82) is 0 Å². The van der Waals surface area contributed by atoms with Crippen LogP contribution in [0.5, 0.6) is 0 Å². The SMILES string of the molecule is c1cc(CCc2ccc3nccnc3c2)c2nccnc2c1. The Balaban J connectivity index is 1.63. The number of aromatic nitrogens is 4. The summed E-state index contributed by atoms with van der Waals surface area (Å²) in [6.45, 7) is 0. The molecule has 0 unspecified atom stereocenters. The molecule has 2 aromatic carbocycles. The fraction of sp³-hybridized carbons (Fsp3) is 0.111. The van der Waals surface area contributed by atoms with E-state index in [2.05, 4.69) is 38.1 Å². The van der Waals surface area contributed by atoms with Crippen molar-refractivity contribution >= 4 is 22.1 Å². The lowest BCUT2D eigenvalue weighted by Crippen LogP contribution is -1.95. The Labute approximate surface area is 127 Å². The van der Waals surface area contributed by atoms with E-state index in [4.69, 9.17) is 0 Å². The highest BCUT2D eigenvalue weighted by Crippen LogP contribution is 2.17. The third-order valence-corrected chi connectivity index (χ3v) is 3.80. The predicted octanol–water partition coefficient (Wildman–Crippen LogP) is 3.36. The minimum Gasteiger partial charge on any atom is -0.253 e. The monoisotopic (exact) mass is 286 g/mol. The molecule has 0 aliphatic rings. The molecule has 0 aliphatic carbocycles. The van der Waals surface area contributed by atoms with Crippen LogP contribution < -0.4 is 0 Å². The minimum atomic E-state index is 0.932. The normalized spacial score (nSPS) is 11.1. The van der Waals surface area contributed by atoms with Crippen LogP contribution in [0.4, 0.5) is 0 Å². The van der Waals surface area contributed by atoms with Crippen LogP contribution in [0.15, 0.2) is 61.2 Å². The van der Waals surface area contributed by atoms with Gasteiger partial charge in [0.2, 0.25) is 0 Å². The summed E-state index contributed by atoms with van der Waals surface area (Å²) in [6.07, 6.45) is 8.80. The number of para-hydroxylation sites is 1. The van der Waals surface area contributed by atoms with E-state index in [0.29, 0.717) is 0 Å². The summed E-state index contributed by atoms with van der Waals surface area (Å²) in [5.74, 6) is 0. The molecule has 0 spiro atoms. The maximum absolute atomic E-state index is 4.46. The van der Waals surface area contributed by atoms with Crippen molar-refractivity contribution in [3.8, 4) is 0 Å². The van der Waals surface area contributed by atoms with Gasteiger partial charge < -0.3 is 0 Å². The standard InChI is InChI=1S/C18H14N4/c1-2-14(18-16(3-1)20-10-11-22-18)6-4-13-5-7-15-17(12-13)21-9-8-19-15/h1-3,5,7-12H,4,6H2. The number of rotatable bonds is 3. The number of nitrogens with zero attached hydrogens (tertiary/aromatic N) is 4. The lowest BCUT2D eigenvalue weighted by atomic mass is 10.0. The highest BCUT2D eigenvalue weighted by Gasteiger charge is 2.04. The molecule has 4 rings (SSSR count). The summed E-state index contributed by atoms with van der Waals surface area (Å²) in [4.78, 5) is 17.5. The lowest BCUT2D eigenvalue weighted by Gasteiger charge is -2.06. The number of fused-ring (bicyclic) bond motifs is 2. The first-order valence-electron chi connectivity index (χ1n) is 7.28. The molecule has 0 bridgehead atoms. The highest BCUT2D eigenvalue weighted by atomic mass is 14.8. The number of hydrogen-bond acceptors (Lipinski definition) is 4. The molecule has 2 aromatic heterocycles. The van der Waals surface area contributed by atoms with Crippen molar-refractivity contribution in [2.45, 2.75) is 12.8 Å². The van der Waals surface area contributed by atoms with Crippen molar-refractivity contribution < 1.29 is 0 Å². The molecule has 0 radical (unpaired) electrons. The molecule has 0 saturated heterocycles. The van der Waals surface area contributed by atoms with Crippen molar-refractivity contribution in [2.24, 2.45) is 0 Å². The van der Waals surface area contributed by atoms with Crippen molar-refractivity contribution in [3.63, 3.8) is 0 Å². The molecular formula is C18H14N4. The maximum Gasteiger partial charge on any atom is 0.0918 e. The lowest BCUT2D eigenvalue weighted by molar-refractivity contribution is 0.964. The van der Waals surface area contributed by atoms with E-state index in [-0.39, 0.29) is 0 Å². The zero-order valence-corrected chi connectivity index (χ0v) is 12.0. The molecule has 0 atom stereocenters. The van der Waals surface area contributed by atoms with E-state index >= 15 is 0 Å². The molecule has 4 heteroatoms. The summed E-state index contributed by atoms with van der Waals surface area (Å²) in [6, 6.07) is 12.4. The molecule has 4 aromatic rings. The van der Waals surface area contributed by atoms with E-state index in [9.17, 15) is 0 Å². The molecule has 0 saturated carbocycles. The van der Waals surface area contributed by atoms with Crippen LogP contribution in [0.3, 0.4) is 0 Å². The summed E-state index contributed by atoms with van der Waals surface area (Å²) < 4.78 is 0. The van der Waals surface area contributed by atoms with Gasteiger partial charge in [0.15, 0.2) is 0 Å². The Kier molecular flexibility index (Phi) is 3.20. The number of hydrogen-bond donors (Lipinski definition) is 0. The summed E-state index contributed by atoms with van der Waals surface area (Å²) in [5, 5.41) is 0. The third-order valence-electron chi connectivity index (χ3n) is 3.80. The van der Waals surface area contributed by atoms with E-state index < -0.39 is 0 Å². The molecule has 2 heterocycles. The van der Waals surface area contributed by atoms with Crippen LogP contribution >= 0.6 is 0 Å². The molecule has 0 amide bonds. The fourth-order valence-electron chi connectivity index (χ4n) is 2.70. The average Bonchev–Trinajstić information content (AvgIpc) is 2.60. The topological polar surface area (TPSA) is 51.6 Å². The van der Waals surface area contributed by atoms with E-state index in [1.807, 2.05) is 18.2 Å². The van der Waals surface area contributed by atoms with Gasteiger partial charge in [-0.2, -0.15) is 0 Å². The highest BCUT2D eigenvalue weighted by molar-refractivity contribution is 5.77. The Morgan fingerprint density at radius 3 is 2.32 bits per heavy atom. The quantitative estimate of drug-likeness (QED) is 0.579. The van der Waals surface area contributed by atoms with Crippen LogP contribution in [0.25, 0.3) is 22.1 Å². The predicted molar refractivity (Wildman–Crippen MR) is 86.5 cm³/mol. The number of aryl methyl sites for hydroxylation is 2. The van der Waals surface area contributed by atoms with Crippen LogP contribution in [0, 0.1) is 0 Å². The van der Waals surface area contributed by atoms with Gasteiger partial charge >= 0.3 is 0 Å². The molecular weight excluding hydrogens is 272 g/mol. The second-order valence-electron chi connectivity index (χ2n) is 5.22. The van der Waals surface area contributed by atoms with Gasteiger partial charge in [-0.15, -0.1) is 0 Å². The molecule has 0 aliphatic heterocycles. The molecule has 0 fully saturated rings. The Morgan fingerprint density at radius 1 is 0.636 bits per heavy atom. The van der Waals surface area contributed by atoms with E-state index in [0.717, 1.165) is 34.9 Å². The largest absolute Gasteiger partial charge is 0.253 e.